The molecule has 0 bridgehead atoms. The molecule has 0 aromatic rings. The molecule has 1 N–H and O–H groups in total. The van der Waals surface area contributed by atoms with Crippen LogP contribution < -0.4 is 5.32 Å². The molecule has 3 unspecified atom stereocenters. The minimum atomic E-state index is 0.497. The first-order valence-electron chi connectivity index (χ1n) is 9.40. The van der Waals surface area contributed by atoms with Gasteiger partial charge in [-0.2, -0.15) is 0 Å². The molecule has 3 heteroatoms. The molecule has 1 saturated carbocycles. The van der Waals surface area contributed by atoms with Crippen LogP contribution >= 0.6 is 0 Å². The Morgan fingerprint density at radius 2 is 2.00 bits per heavy atom. The molecule has 0 amide bonds. The summed E-state index contributed by atoms with van der Waals surface area (Å²) in [4.78, 5) is 2.65. The van der Waals surface area contributed by atoms with Gasteiger partial charge >= 0.3 is 0 Å². The standard InChI is InChI=1S/C18H36N2O/c1-3-11-19-18-9-5-7-16(18)10-13-20-12-6-8-17(15-20)21-14-4-2/h16-19H,3-15H2,1-2H3. The minimum Gasteiger partial charge on any atom is -0.377 e. The second-order valence-corrected chi connectivity index (χ2v) is 6.98. The van der Waals surface area contributed by atoms with E-state index in [2.05, 4.69) is 24.1 Å². The van der Waals surface area contributed by atoms with Gasteiger partial charge in [0.2, 0.25) is 0 Å². The Morgan fingerprint density at radius 1 is 1.10 bits per heavy atom. The average molecular weight is 296 g/mol. The van der Waals surface area contributed by atoms with E-state index in [4.69, 9.17) is 4.74 Å². The summed E-state index contributed by atoms with van der Waals surface area (Å²) in [5, 5.41) is 3.76. The van der Waals surface area contributed by atoms with Gasteiger partial charge in [-0.15, -0.1) is 0 Å². The van der Waals surface area contributed by atoms with Gasteiger partial charge in [-0.25, -0.2) is 0 Å². The van der Waals surface area contributed by atoms with Crippen LogP contribution in [0.1, 0.15) is 65.2 Å². The summed E-state index contributed by atoms with van der Waals surface area (Å²) in [6.45, 7) is 10.3. The van der Waals surface area contributed by atoms with Crippen LogP contribution in [0.3, 0.4) is 0 Å². The molecular formula is C18H36N2O. The summed E-state index contributed by atoms with van der Waals surface area (Å²) in [5.74, 6) is 0.911. The number of likely N-dealkylation sites (tertiary alicyclic amines) is 1. The molecule has 2 fully saturated rings. The molecule has 21 heavy (non-hydrogen) atoms. The van der Waals surface area contributed by atoms with E-state index >= 15 is 0 Å². The normalized spacial score (nSPS) is 30.9. The van der Waals surface area contributed by atoms with E-state index in [-0.39, 0.29) is 0 Å². The highest BCUT2D eigenvalue weighted by Gasteiger charge is 2.27. The smallest absolute Gasteiger partial charge is 0.0702 e. The zero-order chi connectivity index (χ0) is 14.9. The van der Waals surface area contributed by atoms with Crippen LogP contribution in [0.25, 0.3) is 0 Å². The number of hydrogen-bond donors (Lipinski definition) is 1. The monoisotopic (exact) mass is 296 g/mol. The Hall–Kier alpha value is -0.120. The fourth-order valence-corrected chi connectivity index (χ4v) is 3.97. The lowest BCUT2D eigenvalue weighted by atomic mass is 9.98. The second-order valence-electron chi connectivity index (χ2n) is 6.98. The van der Waals surface area contributed by atoms with Crippen LogP contribution in [0.2, 0.25) is 0 Å². The van der Waals surface area contributed by atoms with E-state index in [1.807, 2.05) is 0 Å². The van der Waals surface area contributed by atoms with Gasteiger partial charge in [0.1, 0.15) is 0 Å². The number of rotatable bonds is 9. The molecule has 1 aliphatic carbocycles. The summed E-state index contributed by atoms with van der Waals surface area (Å²) in [6.07, 6.45) is 11.1. The van der Waals surface area contributed by atoms with Gasteiger partial charge in [-0.1, -0.05) is 20.3 Å². The van der Waals surface area contributed by atoms with Crippen molar-refractivity contribution in [1.82, 2.24) is 10.2 Å². The van der Waals surface area contributed by atoms with Gasteiger partial charge in [0.15, 0.2) is 0 Å². The van der Waals surface area contributed by atoms with Crippen LogP contribution in [0.15, 0.2) is 0 Å². The summed E-state index contributed by atoms with van der Waals surface area (Å²) in [5.41, 5.74) is 0. The third-order valence-electron chi connectivity index (χ3n) is 5.15. The van der Waals surface area contributed by atoms with Gasteiger partial charge in [-0.05, 0) is 70.5 Å². The molecule has 1 heterocycles. The maximum absolute atomic E-state index is 5.95. The molecule has 3 atom stereocenters. The zero-order valence-electron chi connectivity index (χ0n) is 14.3. The van der Waals surface area contributed by atoms with E-state index in [9.17, 15) is 0 Å². The topological polar surface area (TPSA) is 24.5 Å². The molecule has 1 aliphatic heterocycles. The third kappa shape index (κ3) is 5.88. The quantitative estimate of drug-likeness (QED) is 0.705. The number of ether oxygens (including phenoxy) is 1. The van der Waals surface area contributed by atoms with Crippen LogP contribution in [-0.4, -0.2) is 49.8 Å². The summed E-state index contributed by atoms with van der Waals surface area (Å²) < 4.78 is 5.95. The average Bonchev–Trinajstić information content (AvgIpc) is 2.96. The van der Waals surface area contributed by atoms with Crippen molar-refractivity contribution in [3.63, 3.8) is 0 Å². The number of nitrogens with one attached hydrogen (secondary N) is 1. The Morgan fingerprint density at radius 3 is 2.81 bits per heavy atom. The molecule has 0 radical (unpaired) electrons. The number of hydrogen-bond acceptors (Lipinski definition) is 3. The number of nitrogens with zero attached hydrogens (tertiary/aromatic N) is 1. The highest BCUT2D eigenvalue weighted by Crippen LogP contribution is 2.29. The van der Waals surface area contributed by atoms with Crippen molar-refractivity contribution >= 4 is 0 Å². The largest absolute Gasteiger partial charge is 0.377 e. The molecular weight excluding hydrogens is 260 g/mol. The van der Waals surface area contributed by atoms with E-state index < -0.39 is 0 Å². The van der Waals surface area contributed by atoms with E-state index in [0.29, 0.717) is 6.10 Å². The van der Waals surface area contributed by atoms with Gasteiger partial charge in [-0.3, -0.25) is 0 Å². The Labute approximate surface area is 131 Å². The summed E-state index contributed by atoms with van der Waals surface area (Å²) in [7, 11) is 0. The molecule has 2 aliphatic rings. The van der Waals surface area contributed by atoms with Crippen molar-refractivity contribution in [3.8, 4) is 0 Å². The molecule has 0 aromatic carbocycles. The predicted octanol–water partition coefficient (Wildman–Crippen LogP) is 3.44. The highest BCUT2D eigenvalue weighted by atomic mass is 16.5. The van der Waals surface area contributed by atoms with E-state index in [1.165, 1.54) is 71.1 Å². The molecule has 3 nitrogen and oxygen atoms in total. The molecule has 124 valence electrons. The SMILES string of the molecule is CCCNC1CCCC1CCN1CCCC(OCCC)C1. The van der Waals surface area contributed by atoms with Crippen LogP contribution in [-0.2, 0) is 4.74 Å². The van der Waals surface area contributed by atoms with Crippen molar-refractivity contribution < 1.29 is 4.74 Å². The Kier molecular flexibility index (Phi) is 8.05. The minimum absolute atomic E-state index is 0.497. The number of piperidine rings is 1. The summed E-state index contributed by atoms with van der Waals surface area (Å²) in [6, 6.07) is 0.793. The third-order valence-corrected chi connectivity index (χ3v) is 5.15. The van der Waals surface area contributed by atoms with Gasteiger partial charge in [0.05, 0.1) is 6.10 Å². The van der Waals surface area contributed by atoms with Crippen LogP contribution in [0.5, 0.6) is 0 Å². The summed E-state index contributed by atoms with van der Waals surface area (Å²) >= 11 is 0. The van der Waals surface area contributed by atoms with Crippen molar-refractivity contribution in [2.75, 3.05) is 32.8 Å². The first-order chi connectivity index (χ1) is 10.3. The van der Waals surface area contributed by atoms with Crippen LogP contribution in [0.4, 0.5) is 0 Å². The van der Waals surface area contributed by atoms with Gasteiger partial charge in [0, 0.05) is 19.2 Å². The van der Waals surface area contributed by atoms with Crippen molar-refractivity contribution in [1.29, 1.82) is 0 Å². The predicted molar refractivity (Wildman–Crippen MR) is 89.7 cm³/mol. The van der Waals surface area contributed by atoms with E-state index in [0.717, 1.165) is 25.0 Å². The van der Waals surface area contributed by atoms with E-state index in [1.54, 1.807) is 0 Å². The first-order valence-corrected chi connectivity index (χ1v) is 9.40. The van der Waals surface area contributed by atoms with Crippen molar-refractivity contribution in [2.45, 2.75) is 77.4 Å². The highest BCUT2D eigenvalue weighted by molar-refractivity contribution is 4.84. The first kappa shape index (κ1) is 17.2. The Bertz CT molecular complexity index is 272. The molecule has 0 aromatic heterocycles. The second kappa shape index (κ2) is 9.81. The van der Waals surface area contributed by atoms with Crippen molar-refractivity contribution in [2.24, 2.45) is 5.92 Å². The fourth-order valence-electron chi connectivity index (χ4n) is 3.97. The zero-order valence-corrected chi connectivity index (χ0v) is 14.3. The molecule has 2 rings (SSSR count). The van der Waals surface area contributed by atoms with Gasteiger partial charge in [0.25, 0.3) is 0 Å². The maximum atomic E-state index is 5.95. The lowest BCUT2D eigenvalue weighted by Gasteiger charge is -2.33. The fraction of sp³-hybridized carbons (Fsp3) is 1.00. The molecule has 0 spiro atoms. The molecule has 1 saturated heterocycles. The van der Waals surface area contributed by atoms with Gasteiger partial charge < -0.3 is 15.0 Å². The lowest BCUT2D eigenvalue weighted by Crippen LogP contribution is -2.41. The Balaban J connectivity index is 1.67. The lowest BCUT2D eigenvalue weighted by molar-refractivity contribution is -0.00141. The van der Waals surface area contributed by atoms with Crippen LogP contribution in [0, 0.1) is 5.92 Å². The van der Waals surface area contributed by atoms with Crippen molar-refractivity contribution in [3.05, 3.63) is 0 Å². The maximum Gasteiger partial charge on any atom is 0.0702 e.